The summed E-state index contributed by atoms with van der Waals surface area (Å²) in [5.41, 5.74) is 3.53. The van der Waals surface area contributed by atoms with E-state index in [0.717, 1.165) is 36.1 Å². The zero-order valence-electron chi connectivity index (χ0n) is 16.8. The molecule has 0 aliphatic heterocycles. The molecule has 0 spiro atoms. The van der Waals surface area contributed by atoms with Crippen molar-refractivity contribution in [2.75, 3.05) is 21.3 Å². The van der Waals surface area contributed by atoms with Crippen molar-refractivity contribution in [2.45, 2.75) is 43.1 Å². The lowest BCUT2D eigenvalue weighted by Crippen LogP contribution is -2.44. The first-order valence-corrected chi connectivity index (χ1v) is 10.0. The maximum Gasteiger partial charge on any atom is 0.313 e. The van der Waals surface area contributed by atoms with Crippen molar-refractivity contribution >= 4 is 5.97 Å². The Morgan fingerprint density at radius 2 is 1.64 bits per heavy atom. The Morgan fingerprint density at radius 3 is 2.29 bits per heavy atom. The summed E-state index contributed by atoms with van der Waals surface area (Å²) >= 11 is 0. The van der Waals surface area contributed by atoms with Gasteiger partial charge in [0, 0.05) is 13.0 Å². The summed E-state index contributed by atoms with van der Waals surface area (Å²) in [4.78, 5) is 13.0. The summed E-state index contributed by atoms with van der Waals surface area (Å²) in [6.45, 7) is 0. The smallest absolute Gasteiger partial charge is 0.313 e. The van der Waals surface area contributed by atoms with E-state index in [4.69, 9.17) is 14.2 Å². The van der Waals surface area contributed by atoms with Crippen LogP contribution in [0.2, 0.25) is 0 Å². The minimum absolute atomic E-state index is 0.0171. The molecule has 5 atom stereocenters. The molecule has 4 heteroatoms. The molecular weight excluding hydrogens is 352 g/mol. The van der Waals surface area contributed by atoms with Gasteiger partial charge >= 0.3 is 5.97 Å². The van der Waals surface area contributed by atoms with E-state index < -0.39 is 0 Å². The molecule has 0 radical (unpaired) electrons. The van der Waals surface area contributed by atoms with Gasteiger partial charge in [0.1, 0.15) is 5.75 Å². The van der Waals surface area contributed by atoms with Crippen LogP contribution in [0.1, 0.15) is 53.7 Å². The fraction of sp³-hybridized carbons (Fsp3) is 0.458. The highest BCUT2D eigenvalue weighted by Crippen LogP contribution is 2.57. The minimum atomic E-state index is -0.327. The Balaban J connectivity index is 1.90. The number of carbonyl (C=O) groups is 1. The van der Waals surface area contributed by atoms with Crippen molar-refractivity contribution in [3.05, 3.63) is 65.2 Å². The Labute approximate surface area is 166 Å². The molecule has 2 aliphatic rings. The van der Waals surface area contributed by atoms with Crippen molar-refractivity contribution in [3.63, 3.8) is 0 Å². The van der Waals surface area contributed by atoms with Crippen molar-refractivity contribution in [3.8, 4) is 5.75 Å². The highest BCUT2D eigenvalue weighted by molar-refractivity contribution is 5.81. The van der Waals surface area contributed by atoms with Crippen LogP contribution in [-0.2, 0) is 14.3 Å². The van der Waals surface area contributed by atoms with Crippen LogP contribution in [0.25, 0.3) is 0 Å². The van der Waals surface area contributed by atoms with Gasteiger partial charge in [-0.2, -0.15) is 0 Å². The Bertz CT molecular complexity index is 829. The number of benzene rings is 2. The van der Waals surface area contributed by atoms with Gasteiger partial charge in [-0.25, -0.2) is 0 Å². The molecular formula is C24H28O4. The third-order valence-electron chi connectivity index (χ3n) is 6.66. The standard InChI is InChI=1S/C24H28O4/c1-26-16-13-11-15(12-14-16)21-22-18(9-6-10-20(22)27-2)17-7-4-5-8-19(17)23(21)24(25)28-3/h4-5,7-8,11-14,18,20-23H,6,9-10H2,1-3H3. The molecule has 0 heterocycles. The molecule has 4 nitrogen and oxygen atoms in total. The van der Waals surface area contributed by atoms with Crippen LogP contribution in [0.5, 0.6) is 5.75 Å². The highest BCUT2D eigenvalue weighted by atomic mass is 16.5. The van der Waals surface area contributed by atoms with Crippen molar-refractivity contribution in [2.24, 2.45) is 5.92 Å². The normalized spacial score (nSPS) is 28.8. The number of ether oxygens (including phenoxy) is 3. The molecule has 1 fully saturated rings. The fourth-order valence-electron chi connectivity index (χ4n) is 5.49. The second-order valence-corrected chi connectivity index (χ2v) is 7.82. The summed E-state index contributed by atoms with van der Waals surface area (Å²) < 4.78 is 16.6. The van der Waals surface area contributed by atoms with Gasteiger partial charge in [-0.05, 0) is 53.5 Å². The molecule has 148 valence electrons. The number of methoxy groups -OCH3 is 3. The summed E-state index contributed by atoms with van der Waals surface area (Å²) in [7, 11) is 4.95. The Hall–Kier alpha value is -2.33. The van der Waals surface area contributed by atoms with Crippen molar-refractivity contribution < 1.29 is 19.0 Å². The Morgan fingerprint density at radius 1 is 0.929 bits per heavy atom. The number of carbonyl (C=O) groups excluding carboxylic acids is 1. The Kier molecular flexibility index (Phi) is 5.40. The van der Waals surface area contributed by atoms with Gasteiger partial charge in [-0.15, -0.1) is 0 Å². The molecule has 2 aromatic rings. The van der Waals surface area contributed by atoms with Crippen LogP contribution in [0.15, 0.2) is 48.5 Å². The topological polar surface area (TPSA) is 44.8 Å². The summed E-state index contributed by atoms with van der Waals surface area (Å²) in [6, 6.07) is 16.5. The van der Waals surface area contributed by atoms with E-state index in [9.17, 15) is 4.79 Å². The number of hydrogen-bond acceptors (Lipinski definition) is 4. The van der Waals surface area contributed by atoms with Crippen LogP contribution < -0.4 is 4.74 Å². The number of fused-ring (bicyclic) bond motifs is 3. The largest absolute Gasteiger partial charge is 0.497 e. The molecule has 5 unspecified atom stereocenters. The third kappa shape index (κ3) is 3.10. The second kappa shape index (κ2) is 7.96. The molecule has 0 saturated heterocycles. The van der Waals surface area contributed by atoms with E-state index in [2.05, 4.69) is 30.3 Å². The van der Waals surface area contributed by atoms with E-state index in [0.29, 0.717) is 5.92 Å². The molecule has 2 aromatic carbocycles. The van der Waals surface area contributed by atoms with E-state index in [-0.39, 0.29) is 29.8 Å². The lowest BCUT2D eigenvalue weighted by molar-refractivity contribution is -0.144. The maximum atomic E-state index is 13.0. The number of hydrogen-bond donors (Lipinski definition) is 0. The minimum Gasteiger partial charge on any atom is -0.497 e. The van der Waals surface area contributed by atoms with E-state index in [1.54, 1.807) is 14.2 Å². The fourth-order valence-corrected chi connectivity index (χ4v) is 5.49. The monoisotopic (exact) mass is 380 g/mol. The van der Waals surface area contributed by atoms with Crippen LogP contribution in [0.4, 0.5) is 0 Å². The lowest BCUT2D eigenvalue weighted by Gasteiger charge is -2.49. The molecule has 0 amide bonds. The van der Waals surface area contributed by atoms with E-state index >= 15 is 0 Å². The zero-order valence-corrected chi connectivity index (χ0v) is 16.8. The first-order valence-electron chi connectivity index (χ1n) is 10.0. The molecule has 0 aromatic heterocycles. The average molecular weight is 380 g/mol. The molecule has 1 saturated carbocycles. The highest BCUT2D eigenvalue weighted by Gasteiger charge is 2.50. The van der Waals surface area contributed by atoms with Crippen molar-refractivity contribution in [1.29, 1.82) is 0 Å². The van der Waals surface area contributed by atoms with Crippen molar-refractivity contribution in [1.82, 2.24) is 0 Å². The van der Waals surface area contributed by atoms with Gasteiger partial charge in [-0.1, -0.05) is 42.8 Å². The molecule has 0 bridgehead atoms. The SMILES string of the molecule is COC(=O)C1c2ccccc2C2CCCC(OC)C2C1c1ccc(OC)cc1. The molecule has 4 rings (SSSR count). The van der Waals surface area contributed by atoms with Crippen LogP contribution in [-0.4, -0.2) is 33.4 Å². The van der Waals surface area contributed by atoms with Gasteiger partial charge in [0.05, 0.1) is 26.2 Å². The van der Waals surface area contributed by atoms with Gasteiger partial charge < -0.3 is 14.2 Å². The molecule has 2 aliphatic carbocycles. The molecule has 28 heavy (non-hydrogen) atoms. The zero-order chi connectivity index (χ0) is 19.7. The molecule has 0 N–H and O–H groups in total. The predicted molar refractivity (Wildman–Crippen MR) is 108 cm³/mol. The van der Waals surface area contributed by atoms with Gasteiger partial charge in [-0.3, -0.25) is 4.79 Å². The maximum absolute atomic E-state index is 13.0. The summed E-state index contributed by atoms with van der Waals surface area (Å²) in [5, 5.41) is 0. The first-order chi connectivity index (χ1) is 13.7. The van der Waals surface area contributed by atoms with Crippen LogP contribution in [0.3, 0.4) is 0 Å². The van der Waals surface area contributed by atoms with E-state index in [1.807, 2.05) is 18.2 Å². The average Bonchev–Trinajstić information content (AvgIpc) is 2.77. The third-order valence-corrected chi connectivity index (χ3v) is 6.66. The summed E-state index contributed by atoms with van der Waals surface area (Å²) in [6.07, 6.45) is 3.43. The van der Waals surface area contributed by atoms with Gasteiger partial charge in [0.15, 0.2) is 0 Å². The lowest BCUT2D eigenvalue weighted by atomic mass is 9.56. The van der Waals surface area contributed by atoms with Gasteiger partial charge in [0.25, 0.3) is 0 Å². The quantitative estimate of drug-likeness (QED) is 0.725. The number of esters is 1. The first kappa shape index (κ1) is 19.0. The van der Waals surface area contributed by atoms with Gasteiger partial charge in [0.2, 0.25) is 0 Å². The van der Waals surface area contributed by atoms with Crippen LogP contribution in [0, 0.1) is 5.92 Å². The van der Waals surface area contributed by atoms with E-state index in [1.165, 1.54) is 12.7 Å². The summed E-state index contributed by atoms with van der Waals surface area (Å²) in [5.74, 6) is 0.967. The van der Waals surface area contributed by atoms with Crippen LogP contribution >= 0.6 is 0 Å². The predicted octanol–water partition coefficient (Wildman–Crippen LogP) is 4.65. The number of rotatable bonds is 4. The second-order valence-electron chi connectivity index (χ2n) is 7.82.